The summed E-state index contributed by atoms with van der Waals surface area (Å²) in [5.41, 5.74) is 8.86. The average Bonchev–Trinajstić information content (AvgIpc) is 2.76. The van der Waals surface area contributed by atoms with Crippen molar-refractivity contribution in [1.29, 1.82) is 0 Å². The highest BCUT2D eigenvalue weighted by Gasteiger charge is 2.25. The predicted octanol–water partition coefficient (Wildman–Crippen LogP) is 0.921. The van der Waals surface area contributed by atoms with Crippen molar-refractivity contribution in [2.45, 2.75) is 18.9 Å². The van der Waals surface area contributed by atoms with Gasteiger partial charge >= 0.3 is 0 Å². The maximum Gasteiger partial charge on any atom is 0.241 e. The number of amides is 1. The van der Waals surface area contributed by atoms with Gasteiger partial charge in [0, 0.05) is 18.7 Å². The third kappa shape index (κ3) is 2.45. The van der Waals surface area contributed by atoms with Gasteiger partial charge in [-0.3, -0.25) is 9.48 Å². The molecule has 1 atom stereocenters. The molecule has 1 aliphatic rings. The van der Waals surface area contributed by atoms with E-state index in [0.29, 0.717) is 18.2 Å². The predicted molar refractivity (Wildman–Crippen MR) is 72.5 cm³/mol. The molecule has 1 aromatic heterocycles. The van der Waals surface area contributed by atoms with Gasteiger partial charge in [0.1, 0.15) is 6.54 Å². The molecule has 0 radical (unpaired) electrons. The van der Waals surface area contributed by atoms with E-state index in [2.05, 4.69) is 28.6 Å². The first-order valence-corrected chi connectivity index (χ1v) is 6.35. The molecule has 1 heterocycles. The fourth-order valence-electron chi connectivity index (χ4n) is 2.45. The number of nitrogens with one attached hydrogen (secondary N) is 1. The minimum absolute atomic E-state index is 0.0347. The molecule has 0 saturated heterocycles. The lowest BCUT2D eigenvalue weighted by Gasteiger charge is -2.30. The van der Waals surface area contributed by atoms with Gasteiger partial charge in [-0.05, 0) is 17.5 Å². The molecule has 1 amide bonds. The highest BCUT2D eigenvalue weighted by atomic mass is 16.2. The van der Waals surface area contributed by atoms with Crippen LogP contribution in [0, 0.1) is 0 Å². The number of carbonyl (C=O) groups excluding carboxylic acids is 1. The zero-order valence-electron chi connectivity index (χ0n) is 10.5. The molecule has 1 aliphatic carbocycles. The first-order valence-electron chi connectivity index (χ1n) is 6.35. The van der Waals surface area contributed by atoms with E-state index in [1.54, 1.807) is 10.9 Å². The van der Waals surface area contributed by atoms with Crippen molar-refractivity contribution < 1.29 is 4.79 Å². The summed E-state index contributed by atoms with van der Waals surface area (Å²) in [5.74, 6) is 0.412. The number of anilines is 1. The van der Waals surface area contributed by atoms with Crippen LogP contribution in [0.2, 0.25) is 0 Å². The molecule has 1 unspecified atom stereocenters. The van der Waals surface area contributed by atoms with Gasteiger partial charge < -0.3 is 11.1 Å². The minimum Gasteiger partial charge on any atom is -0.396 e. The van der Waals surface area contributed by atoms with E-state index in [-0.39, 0.29) is 12.5 Å². The summed E-state index contributed by atoms with van der Waals surface area (Å²) in [6.45, 7) is 0.901. The van der Waals surface area contributed by atoms with E-state index < -0.39 is 0 Å². The monoisotopic (exact) mass is 256 g/mol. The smallest absolute Gasteiger partial charge is 0.241 e. The minimum atomic E-state index is -0.0347. The van der Waals surface area contributed by atoms with Crippen LogP contribution in [0.1, 0.15) is 17.0 Å². The SMILES string of the molecule is Nc1cnn(CC(=O)NCC2Cc3ccccc32)c1. The summed E-state index contributed by atoms with van der Waals surface area (Å²) in [6, 6.07) is 8.36. The molecule has 2 aromatic rings. The van der Waals surface area contributed by atoms with Gasteiger partial charge in [0.05, 0.1) is 11.9 Å². The number of hydrogen-bond acceptors (Lipinski definition) is 3. The van der Waals surface area contributed by atoms with Gasteiger partial charge in [-0.15, -0.1) is 0 Å². The third-order valence-corrected chi connectivity index (χ3v) is 3.47. The van der Waals surface area contributed by atoms with Gasteiger partial charge in [-0.1, -0.05) is 24.3 Å². The molecule has 3 N–H and O–H groups in total. The molecule has 19 heavy (non-hydrogen) atoms. The Kier molecular flexibility index (Phi) is 2.95. The van der Waals surface area contributed by atoms with Crippen LogP contribution in [0.4, 0.5) is 5.69 Å². The van der Waals surface area contributed by atoms with Crippen molar-refractivity contribution in [3.8, 4) is 0 Å². The molecule has 3 rings (SSSR count). The molecule has 0 bridgehead atoms. The number of aromatic nitrogens is 2. The summed E-state index contributed by atoms with van der Waals surface area (Å²) in [5, 5.41) is 6.93. The second-order valence-electron chi connectivity index (χ2n) is 4.88. The highest BCUT2D eigenvalue weighted by Crippen LogP contribution is 2.33. The summed E-state index contributed by atoms with van der Waals surface area (Å²) >= 11 is 0. The van der Waals surface area contributed by atoms with Crippen molar-refractivity contribution in [2.75, 3.05) is 12.3 Å². The zero-order valence-corrected chi connectivity index (χ0v) is 10.5. The van der Waals surface area contributed by atoms with Crippen molar-refractivity contribution in [2.24, 2.45) is 0 Å². The van der Waals surface area contributed by atoms with Crippen LogP contribution in [0.25, 0.3) is 0 Å². The van der Waals surface area contributed by atoms with Crippen LogP contribution >= 0.6 is 0 Å². The van der Waals surface area contributed by atoms with Gasteiger partial charge in [0.2, 0.25) is 5.91 Å². The fraction of sp³-hybridized carbons (Fsp3) is 0.286. The Labute approximate surface area is 111 Å². The molecule has 0 fully saturated rings. The number of benzene rings is 1. The van der Waals surface area contributed by atoms with Crippen LogP contribution in [-0.4, -0.2) is 22.2 Å². The van der Waals surface area contributed by atoms with Gasteiger partial charge in [0.25, 0.3) is 0 Å². The number of rotatable bonds is 4. The Morgan fingerprint density at radius 1 is 1.47 bits per heavy atom. The molecule has 5 heteroatoms. The molecular weight excluding hydrogens is 240 g/mol. The summed E-state index contributed by atoms with van der Waals surface area (Å²) < 4.78 is 1.54. The summed E-state index contributed by atoms with van der Waals surface area (Å²) in [7, 11) is 0. The third-order valence-electron chi connectivity index (χ3n) is 3.47. The van der Waals surface area contributed by atoms with Gasteiger partial charge in [-0.2, -0.15) is 5.10 Å². The number of fused-ring (bicyclic) bond motifs is 1. The number of carbonyl (C=O) groups is 1. The van der Waals surface area contributed by atoms with E-state index in [1.165, 1.54) is 17.3 Å². The van der Waals surface area contributed by atoms with E-state index >= 15 is 0 Å². The number of nitrogens with zero attached hydrogens (tertiary/aromatic N) is 2. The molecule has 1 aromatic carbocycles. The molecule has 0 aliphatic heterocycles. The van der Waals surface area contributed by atoms with Crippen LogP contribution < -0.4 is 11.1 Å². The Balaban J connectivity index is 1.50. The molecular formula is C14H16N4O. The molecule has 0 spiro atoms. The first-order chi connectivity index (χ1) is 9.22. The average molecular weight is 256 g/mol. The first kappa shape index (κ1) is 11.8. The highest BCUT2D eigenvalue weighted by molar-refractivity contribution is 5.75. The van der Waals surface area contributed by atoms with Crippen LogP contribution in [0.15, 0.2) is 36.7 Å². The lowest BCUT2D eigenvalue weighted by Crippen LogP contribution is -2.35. The second kappa shape index (κ2) is 4.76. The largest absolute Gasteiger partial charge is 0.396 e. The van der Waals surface area contributed by atoms with Crippen LogP contribution in [-0.2, 0) is 17.8 Å². The quantitative estimate of drug-likeness (QED) is 0.854. The van der Waals surface area contributed by atoms with Crippen LogP contribution in [0.3, 0.4) is 0 Å². The molecule has 98 valence electrons. The lowest BCUT2D eigenvalue weighted by atomic mass is 9.77. The van der Waals surface area contributed by atoms with Crippen molar-refractivity contribution >= 4 is 11.6 Å². The summed E-state index contributed by atoms with van der Waals surface area (Å²) in [6.07, 6.45) is 4.23. The van der Waals surface area contributed by atoms with Gasteiger partial charge in [0.15, 0.2) is 0 Å². The van der Waals surface area contributed by atoms with E-state index in [4.69, 9.17) is 5.73 Å². The van der Waals surface area contributed by atoms with E-state index in [0.717, 1.165) is 6.42 Å². The summed E-state index contributed by atoms with van der Waals surface area (Å²) in [4.78, 5) is 11.8. The Morgan fingerprint density at radius 3 is 3.05 bits per heavy atom. The fourth-order valence-corrected chi connectivity index (χ4v) is 2.45. The topological polar surface area (TPSA) is 72.9 Å². The van der Waals surface area contributed by atoms with Crippen molar-refractivity contribution in [3.05, 3.63) is 47.8 Å². The lowest BCUT2D eigenvalue weighted by molar-refractivity contribution is -0.121. The van der Waals surface area contributed by atoms with E-state index in [9.17, 15) is 4.79 Å². The normalized spacial score (nSPS) is 16.5. The maximum atomic E-state index is 11.8. The Hall–Kier alpha value is -2.30. The number of hydrogen-bond donors (Lipinski definition) is 2. The molecule has 0 saturated carbocycles. The second-order valence-corrected chi connectivity index (χ2v) is 4.88. The van der Waals surface area contributed by atoms with Crippen molar-refractivity contribution in [1.82, 2.24) is 15.1 Å². The van der Waals surface area contributed by atoms with Gasteiger partial charge in [-0.25, -0.2) is 0 Å². The van der Waals surface area contributed by atoms with Crippen molar-refractivity contribution in [3.63, 3.8) is 0 Å². The number of nitrogen functional groups attached to an aromatic ring is 1. The maximum absolute atomic E-state index is 11.8. The zero-order chi connectivity index (χ0) is 13.2. The van der Waals surface area contributed by atoms with Crippen LogP contribution in [0.5, 0.6) is 0 Å². The molecule has 5 nitrogen and oxygen atoms in total. The number of nitrogens with two attached hydrogens (primary N) is 1. The Morgan fingerprint density at radius 2 is 2.32 bits per heavy atom. The Bertz CT molecular complexity index is 605. The van der Waals surface area contributed by atoms with E-state index in [1.807, 2.05) is 6.07 Å². The standard InChI is InChI=1S/C14H16N4O/c15-12-7-17-18(8-12)9-14(19)16-6-11-5-10-3-1-2-4-13(10)11/h1-4,7-8,11H,5-6,9,15H2,(H,16,19).